The zero-order valence-corrected chi connectivity index (χ0v) is 10.4. The van der Waals surface area contributed by atoms with Crippen LogP contribution in [0.25, 0.3) is 10.8 Å². The monoisotopic (exact) mass is 245 g/mol. The Morgan fingerprint density at radius 3 is 2.78 bits per heavy atom. The molecular formula is C13H15N3O2. The molecule has 2 rings (SSSR count). The van der Waals surface area contributed by atoms with Crippen molar-refractivity contribution in [3.63, 3.8) is 0 Å². The lowest BCUT2D eigenvalue weighted by molar-refractivity contribution is -0.116. The fourth-order valence-corrected chi connectivity index (χ4v) is 1.73. The number of nitrogens with one attached hydrogen (secondary N) is 2. The van der Waals surface area contributed by atoms with Gasteiger partial charge in [0, 0.05) is 18.0 Å². The van der Waals surface area contributed by atoms with Crippen molar-refractivity contribution < 1.29 is 4.79 Å². The minimum atomic E-state index is -0.153. The molecule has 0 saturated heterocycles. The van der Waals surface area contributed by atoms with E-state index in [1.807, 2.05) is 26.2 Å². The first kappa shape index (κ1) is 12.3. The Balaban J connectivity index is 2.24. The van der Waals surface area contributed by atoms with Crippen molar-refractivity contribution in [2.24, 2.45) is 0 Å². The third-order valence-corrected chi connectivity index (χ3v) is 2.49. The summed E-state index contributed by atoms with van der Waals surface area (Å²) in [5.74, 6) is -0.0795. The molecule has 0 fully saturated rings. The van der Waals surface area contributed by atoms with Crippen LogP contribution >= 0.6 is 0 Å². The predicted molar refractivity (Wildman–Crippen MR) is 71.8 cm³/mol. The molecule has 1 aromatic carbocycles. The van der Waals surface area contributed by atoms with Crippen molar-refractivity contribution in [3.8, 4) is 0 Å². The Kier molecular flexibility index (Phi) is 3.43. The van der Waals surface area contributed by atoms with Gasteiger partial charge in [0.15, 0.2) is 0 Å². The second-order valence-corrected chi connectivity index (χ2v) is 4.43. The lowest BCUT2D eigenvalue weighted by Gasteiger charge is -2.10. The van der Waals surface area contributed by atoms with Crippen LogP contribution in [0.1, 0.15) is 0 Å². The molecule has 2 aromatic rings. The topological polar surface area (TPSA) is 65.2 Å². The number of nitrogens with zero attached hydrogens (tertiary/aromatic N) is 1. The van der Waals surface area contributed by atoms with E-state index in [-0.39, 0.29) is 11.5 Å². The maximum absolute atomic E-state index is 11.6. The maximum atomic E-state index is 11.6. The number of pyridine rings is 1. The van der Waals surface area contributed by atoms with Crippen LogP contribution in [0.3, 0.4) is 0 Å². The van der Waals surface area contributed by atoms with Crippen LogP contribution in [0.2, 0.25) is 0 Å². The number of aromatic amines is 1. The normalized spacial score (nSPS) is 10.8. The van der Waals surface area contributed by atoms with Gasteiger partial charge in [-0.15, -0.1) is 0 Å². The molecule has 0 unspecified atom stereocenters. The van der Waals surface area contributed by atoms with E-state index >= 15 is 0 Å². The number of carbonyl (C=O) groups is 1. The van der Waals surface area contributed by atoms with Crippen molar-refractivity contribution in [1.29, 1.82) is 0 Å². The van der Waals surface area contributed by atoms with Crippen molar-refractivity contribution in [3.05, 3.63) is 40.8 Å². The summed E-state index contributed by atoms with van der Waals surface area (Å²) in [5.41, 5.74) is 0.541. The van der Waals surface area contributed by atoms with Crippen LogP contribution in [-0.4, -0.2) is 36.4 Å². The Morgan fingerprint density at radius 1 is 1.28 bits per heavy atom. The number of aromatic nitrogens is 1. The van der Waals surface area contributed by atoms with Crippen LogP contribution < -0.4 is 10.9 Å². The average molecular weight is 245 g/mol. The number of fused-ring (bicyclic) bond motifs is 1. The number of hydrogen-bond acceptors (Lipinski definition) is 3. The number of rotatable bonds is 3. The highest BCUT2D eigenvalue weighted by Gasteiger charge is 2.04. The molecule has 0 saturated carbocycles. The Hall–Kier alpha value is -2.14. The van der Waals surface area contributed by atoms with E-state index in [1.54, 1.807) is 17.2 Å². The molecule has 0 aliphatic carbocycles. The summed E-state index contributed by atoms with van der Waals surface area (Å²) in [5, 5.41) is 4.53. The van der Waals surface area contributed by atoms with E-state index in [2.05, 4.69) is 10.3 Å². The molecule has 0 atom stereocenters. The largest absolute Gasteiger partial charge is 0.328 e. The fourth-order valence-electron chi connectivity index (χ4n) is 1.73. The van der Waals surface area contributed by atoms with Gasteiger partial charge in [-0.1, -0.05) is 6.07 Å². The minimum Gasteiger partial charge on any atom is -0.328 e. The second-order valence-electron chi connectivity index (χ2n) is 4.43. The third-order valence-electron chi connectivity index (χ3n) is 2.49. The summed E-state index contributed by atoms with van der Waals surface area (Å²) >= 11 is 0. The summed E-state index contributed by atoms with van der Waals surface area (Å²) in [6, 6.07) is 6.97. The van der Waals surface area contributed by atoms with E-state index in [0.29, 0.717) is 12.2 Å². The lowest BCUT2D eigenvalue weighted by atomic mass is 10.1. The molecule has 1 amide bonds. The van der Waals surface area contributed by atoms with Crippen LogP contribution in [-0.2, 0) is 4.79 Å². The molecular weight excluding hydrogens is 230 g/mol. The van der Waals surface area contributed by atoms with Gasteiger partial charge in [0.25, 0.3) is 0 Å². The van der Waals surface area contributed by atoms with Gasteiger partial charge in [0.05, 0.1) is 6.54 Å². The first-order chi connectivity index (χ1) is 8.54. The van der Waals surface area contributed by atoms with Crippen LogP contribution in [0, 0.1) is 0 Å². The van der Waals surface area contributed by atoms with Gasteiger partial charge < -0.3 is 15.2 Å². The Labute approximate surface area is 104 Å². The molecule has 0 bridgehead atoms. The van der Waals surface area contributed by atoms with Gasteiger partial charge in [-0.05, 0) is 37.0 Å². The van der Waals surface area contributed by atoms with Crippen LogP contribution in [0.15, 0.2) is 35.3 Å². The highest BCUT2D eigenvalue weighted by Crippen LogP contribution is 2.16. The molecule has 0 radical (unpaired) electrons. The quantitative estimate of drug-likeness (QED) is 0.848. The number of likely N-dealkylation sites (N-methyl/N-ethyl adjacent to an activating group) is 1. The number of carbonyl (C=O) groups excluding carboxylic acids is 1. The van der Waals surface area contributed by atoms with E-state index < -0.39 is 0 Å². The molecule has 18 heavy (non-hydrogen) atoms. The smallest absolute Gasteiger partial charge is 0.248 e. The van der Waals surface area contributed by atoms with Gasteiger partial charge in [-0.3, -0.25) is 9.59 Å². The Morgan fingerprint density at radius 2 is 2.06 bits per heavy atom. The number of benzene rings is 1. The first-order valence-electron chi connectivity index (χ1n) is 5.62. The molecule has 0 aliphatic rings. The molecule has 0 aliphatic heterocycles. The lowest BCUT2D eigenvalue weighted by Crippen LogP contribution is -2.27. The number of hydrogen-bond donors (Lipinski definition) is 2. The summed E-state index contributed by atoms with van der Waals surface area (Å²) in [6.07, 6.45) is 1.66. The van der Waals surface area contributed by atoms with E-state index in [4.69, 9.17) is 0 Å². The molecule has 94 valence electrons. The molecule has 0 spiro atoms. The van der Waals surface area contributed by atoms with Gasteiger partial charge >= 0.3 is 0 Å². The molecule has 5 nitrogen and oxygen atoms in total. The predicted octanol–water partition coefficient (Wildman–Crippen LogP) is 1.03. The standard InChI is InChI=1S/C13H15N3O2/c1-16(2)8-13(18)15-11-4-3-9-7-14-12(17)6-10(9)5-11/h3-7H,8H2,1-2H3,(H,14,17)(H,15,18). The molecule has 1 heterocycles. The Bertz CT molecular complexity index is 631. The summed E-state index contributed by atoms with van der Waals surface area (Å²) in [4.78, 5) is 27.2. The summed E-state index contributed by atoms with van der Waals surface area (Å²) in [7, 11) is 3.67. The number of amides is 1. The van der Waals surface area contributed by atoms with Gasteiger partial charge in [0.1, 0.15) is 0 Å². The van der Waals surface area contributed by atoms with Gasteiger partial charge in [-0.2, -0.15) is 0 Å². The average Bonchev–Trinajstić information content (AvgIpc) is 2.27. The van der Waals surface area contributed by atoms with Crippen molar-refractivity contribution in [2.75, 3.05) is 26.0 Å². The van der Waals surface area contributed by atoms with Crippen LogP contribution in [0.5, 0.6) is 0 Å². The zero-order chi connectivity index (χ0) is 13.1. The van der Waals surface area contributed by atoms with E-state index in [9.17, 15) is 9.59 Å². The van der Waals surface area contributed by atoms with Gasteiger partial charge in [-0.25, -0.2) is 0 Å². The van der Waals surface area contributed by atoms with Crippen molar-refractivity contribution >= 4 is 22.4 Å². The molecule has 2 N–H and O–H groups in total. The summed E-state index contributed by atoms with van der Waals surface area (Å²) in [6.45, 7) is 0.327. The third kappa shape index (κ3) is 2.95. The fraction of sp³-hybridized carbons (Fsp3) is 0.231. The van der Waals surface area contributed by atoms with E-state index in [0.717, 1.165) is 10.8 Å². The highest BCUT2D eigenvalue weighted by atomic mass is 16.2. The SMILES string of the molecule is CN(C)CC(=O)Nc1ccc2c[nH]c(=O)cc2c1. The molecule has 1 aromatic heterocycles. The van der Waals surface area contributed by atoms with Crippen LogP contribution in [0.4, 0.5) is 5.69 Å². The number of anilines is 1. The minimum absolute atomic E-state index is 0.0795. The second kappa shape index (κ2) is 5.01. The van der Waals surface area contributed by atoms with Gasteiger partial charge in [0.2, 0.25) is 11.5 Å². The summed E-state index contributed by atoms with van der Waals surface area (Å²) < 4.78 is 0. The van der Waals surface area contributed by atoms with E-state index in [1.165, 1.54) is 6.07 Å². The van der Waals surface area contributed by atoms with Crippen molar-refractivity contribution in [2.45, 2.75) is 0 Å². The maximum Gasteiger partial charge on any atom is 0.248 e. The highest BCUT2D eigenvalue weighted by molar-refractivity contribution is 5.95. The zero-order valence-electron chi connectivity index (χ0n) is 10.4. The first-order valence-corrected chi connectivity index (χ1v) is 5.62. The van der Waals surface area contributed by atoms with Crippen molar-refractivity contribution in [1.82, 2.24) is 9.88 Å². The number of H-pyrrole nitrogens is 1. The molecule has 5 heteroatoms.